The van der Waals surface area contributed by atoms with Gasteiger partial charge in [0, 0.05) is 13.1 Å². The smallest absolute Gasteiger partial charge is 0.416 e. The molecule has 0 bridgehead atoms. The van der Waals surface area contributed by atoms with Crippen LogP contribution in [0.1, 0.15) is 0 Å². The van der Waals surface area contributed by atoms with Crippen molar-refractivity contribution in [2.24, 2.45) is 0 Å². The van der Waals surface area contributed by atoms with Gasteiger partial charge in [-0.25, -0.2) is 0 Å². The fourth-order valence-corrected chi connectivity index (χ4v) is 24.6. The van der Waals surface area contributed by atoms with Crippen LogP contribution < -0.4 is 0 Å². The highest BCUT2D eigenvalue weighted by atomic mass is 28.5. The zero-order chi connectivity index (χ0) is 16.0. The van der Waals surface area contributed by atoms with Gasteiger partial charge in [0.25, 0.3) is 0 Å². The molecule has 2 N–H and O–H groups in total. The van der Waals surface area contributed by atoms with E-state index in [0.29, 0.717) is 0 Å². The van der Waals surface area contributed by atoms with Crippen molar-refractivity contribution in [1.82, 2.24) is 0 Å². The minimum absolute atomic E-state index is 1.55. The van der Waals surface area contributed by atoms with Crippen LogP contribution in [-0.4, -0.2) is 52.9 Å². The van der Waals surface area contributed by atoms with Crippen LogP contribution in [0.15, 0.2) is 0 Å². The highest BCUT2D eigenvalue weighted by Gasteiger charge is 2.53. The van der Waals surface area contributed by atoms with Crippen molar-refractivity contribution in [3.63, 3.8) is 0 Å². The first kappa shape index (κ1) is 18.9. The van der Waals surface area contributed by atoms with Crippen LogP contribution in [-0.2, 0) is 20.6 Å². The standard InChI is InChI=1S/C8H26O7Si5/c1-16(2)11-17(3,4)13-20(8,10)15-18(5,6)14-19(7,9)12-16/h9-10H,1-8H3/t19-,20-/m1/s1. The molecule has 1 aliphatic rings. The molecular weight excluding hydrogens is 349 g/mol. The molecule has 0 saturated carbocycles. The lowest BCUT2D eigenvalue weighted by Gasteiger charge is -2.44. The first-order valence-corrected chi connectivity index (χ1v) is 19.5. The second-order valence-corrected chi connectivity index (χ2v) is 22.6. The van der Waals surface area contributed by atoms with E-state index in [1.165, 1.54) is 0 Å². The van der Waals surface area contributed by atoms with Crippen molar-refractivity contribution in [1.29, 1.82) is 0 Å². The number of hydrogen-bond acceptors (Lipinski definition) is 7. The molecular formula is C8H26O7Si5. The molecule has 1 saturated heterocycles. The minimum Gasteiger partial charge on any atom is -0.416 e. The van der Waals surface area contributed by atoms with Gasteiger partial charge in [-0.3, -0.25) is 0 Å². The summed E-state index contributed by atoms with van der Waals surface area (Å²) in [5, 5.41) is 0. The third-order valence-corrected chi connectivity index (χ3v) is 20.1. The maximum absolute atomic E-state index is 10.4. The van der Waals surface area contributed by atoms with Crippen molar-refractivity contribution in [2.75, 3.05) is 0 Å². The molecule has 1 rings (SSSR count). The summed E-state index contributed by atoms with van der Waals surface area (Å²) in [6, 6.07) is 0. The van der Waals surface area contributed by atoms with Crippen molar-refractivity contribution in [2.45, 2.75) is 52.4 Å². The molecule has 0 aromatic rings. The van der Waals surface area contributed by atoms with Gasteiger partial charge in [0.2, 0.25) is 0 Å². The molecule has 1 heterocycles. The molecule has 120 valence electrons. The average molecular weight is 375 g/mol. The van der Waals surface area contributed by atoms with E-state index in [9.17, 15) is 9.59 Å². The van der Waals surface area contributed by atoms with E-state index in [1.807, 2.05) is 26.2 Å². The molecule has 1 fully saturated rings. The molecule has 0 spiro atoms. The summed E-state index contributed by atoms with van der Waals surface area (Å²) < 4.78 is 28.9. The lowest BCUT2D eigenvalue weighted by molar-refractivity contribution is 0.157. The summed E-state index contributed by atoms with van der Waals surface area (Å²) in [5.41, 5.74) is 0. The predicted octanol–water partition coefficient (Wildman–Crippen LogP) is 1.31. The van der Waals surface area contributed by atoms with E-state index in [2.05, 4.69) is 0 Å². The molecule has 0 amide bonds. The summed E-state index contributed by atoms with van der Waals surface area (Å²) in [4.78, 5) is 20.8. The molecule has 0 radical (unpaired) electrons. The Bertz CT molecular complexity index is 269. The molecule has 20 heavy (non-hydrogen) atoms. The molecule has 0 aromatic heterocycles. The molecule has 7 nitrogen and oxygen atoms in total. The van der Waals surface area contributed by atoms with Gasteiger partial charge in [0.05, 0.1) is 0 Å². The number of rotatable bonds is 0. The molecule has 0 unspecified atom stereocenters. The predicted molar refractivity (Wildman–Crippen MR) is 85.5 cm³/mol. The average Bonchev–Trinajstić information content (AvgIpc) is 1.84. The maximum atomic E-state index is 10.4. The normalized spacial score (nSPS) is 41.1. The van der Waals surface area contributed by atoms with E-state index >= 15 is 0 Å². The van der Waals surface area contributed by atoms with Crippen LogP contribution in [0.5, 0.6) is 0 Å². The zero-order valence-corrected chi connectivity index (χ0v) is 18.4. The molecule has 0 aliphatic carbocycles. The van der Waals surface area contributed by atoms with Gasteiger partial charge >= 0.3 is 43.3 Å². The second kappa shape index (κ2) is 5.46. The monoisotopic (exact) mass is 374 g/mol. The lowest BCUT2D eigenvalue weighted by Crippen LogP contribution is -2.65. The Morgan fingerprint density at radius 1 is 0.450 bits per heavy atom. The van der Waals surface area contributed by atoms with Gasteiger partial charge in [-0.1, -0.05) is 0 Å². The van der Waals surface area contributed by atoms with E-state index in [1.54, 1.807) is 26.2 Å². The van der Waals surface area contributed by atoms with Gasteiger partial charge < -0.3 is 30.2 Å². The molecule has 12 heteroatoms. The molecule has 1 aliphatic heterocycles. The van der Waals surface area contributed by atoms with Crippen molar-refractivity contribution in [3.8, 4) is 0 Å². The Balaban J connectivity index is 3.15. The van der Waals surface area contributed by atoms with Gasteiger partial charge in [-0.15, -0.1) is 0 Å². The van der Waals surface area contributed by atoms with E-state index < -0.39 is 43.3 Å². The first-order chi connectivity index (χ1) is 8.54. The topological polar surface area (TPSA) is 86.6 Å². The van der Waals surface area contributed by atoms with Gasteiger partial charge in [0.15, 0.2) is 0 Å². The Kier molecular flexibility index (Phi) is 5.15. The third kappa shape index (κ3) is 6.28. The summed E-state index contributed by atoms with van der Waals surface area (Å²) in [6.45, 7) is 14.0. The minimum atomic E-state index is -3.37. The Morgan fingerprint density at radius 2 is 0.650 bits per heavy atom. The quantitative estimate of drug-likeness (QED) is 0.618. The highest BCUT2D eigenvalue weighted by molar-refractivity contribution is 6.90. The summed E-state index contributed by atoms with van der Waals surface area (Å²) in [6.07, 6.45) is 0. The first-order valence-electron chi connectivity index (χ1n) is 6.49. The van der Waals surface area contributed by atoms with Crippen LogP contribution in [0.4, 0.5) is 0 Å². The summed E-state index contributed by atoms with van der Waals surface area (Å²) >= 11 is 0. The van der Waals surface area contributed by atoms with Gasteiger partial charge in [-0.2, -0.15) is 0 Å². The van der Waals surface area contributed by atoms with Gasteiger partial charge in [0.1, 0.15) is 0 Å². The second-order valence-electron chi connectivity index (χ2n) is 6.51. The highest BCUT2D eigenvalue weighted by Crippen LogP contribution is 2.28. The van der Waals surface area contributed by atoms with Crippen LogP contribution in [0.3, 0.4) is 0 Å². The van der Waals surface area contributed by atoms with E-state index in [-0.39, 0.29) is 0 Å². The molecule has 2 atom stereocenters. The van der Waals surface area contributed by atoms with Gasteiger partial charge in [-0.05, 0) is 39.3 Å². The van der Waals surface area contributed by atoms with Crippen LogP contribution in [0.25, 0.3) is 0 Å². The van der Waals surface area contributed by atoms with Crippen molar-refractivity contribution < 1.29 is 30.2 Å². The van der Waals surface area contributed by atoms with Crippen LogP contribution >= 0.6 is 0 Å². The fraction of sp³-hybridized carbons (Fsp3) is 1.00. The van der Waals surface area contributed by atoms with Crippen molar-refractivity contribution >= 4 is 43.3 Å². The Morgan fingerprint density at radius 3 is 0.900 bits per heavy atom. The van der Waals surface area contributed by atoms with E-state index in [4.69, 9.17) is 20.6 Å². The van der Waals surface area contributed by atoms with Crippen molar-refractivity contribution in [3.05, 3.63) is 0 Å². The number of hydrogen-bond donors (Lipinski definition) is 2. The Labute approximate surface area is 126 Å². The molecule has 0 aromatic carbocycles. The van der Waals surface area contributed by atoms with Crippen LogP contribution in [0.2, 0.25) is 52.4 Å². The largest absolute Gasteiger partial charge is 0.477 e. The third-order valence-electron chi connectivity index (χ3n) is 2.23. The summed E-state index contributed by atoms with van der Waals surface area (Å²) in [7, 11) is -14.8. The Hall–Kier alpha value is 0.804. The SMILES string of the molecule is C[Si]1(C)O[Si](C)(C)O[Si@@](C)(O)O[Si](C)(C)O[Si@](C)(O)O1. The summed E-state index contributed by atoms with van der Waals surface area (Å²) in [5.74, 6) is 0. The van der Waals surface area contributed by atoms with E-state index in [0.717, 1.165) is 0 Å². The maximum Gasteiger partial charge on any atom is 0.477 e. The fourth-order valence-electron chi connectivity index (χ4n) is 2.52. The van der Waals surface area contributed by atoms with Crippen LogP contribution in [0, 0.1) is 0 Å². The lowest BCUT2D eigenvalue weighted by atomic mass is 11.9. The zero-order valence-electron chi connectivity index (χ0n) is 13.4.